The molecular formula is C14H21NO2. The fourth-order valence-electron chi connectivity index (χ4n) is 1.68. The molecule has 1 N–H and O–H groups in total. The van der Waals surface area contributed by atoms with E-state index in [4.69, 9.17) is 9.94 Å². The van der Waals surface area contributed by atoms with Crippen molar-refractivity contribution in [3.05, 3.63) is 29.8 Å². The topological polar surface area (TPSA) is 41.8 Å². The van der Waals surface area contributed by atoms with Crippen molar-refractivity contribution in [3.63, 3.8) is 0 Å². The van der Waals surface area contributed by atoms with E-state index < -0.39 is 0 Å². The normalized spacial score (nSPS) is 13.5. The zero-order chi connectivity index (χ0) is 12.7. The smallest absolute Gasteiger partial charge is 0.119 e. The van der Waals surface area contributed by atoms with Crippen LogP contribution in [0.5, 0.6) is 5.75 Å². The fraction of sp³-hybridized carbons (Fsp3) is 0.500. The lowest BCUT2D eigenvalue weighted by Gasteiger charge is -2.12. The van der Waals surface area contributed by atoms with Gasteiger partial charge in [-0.15, -0.1) is 0 Å². The quantitative estimate of drug-likeness (QED) is 0.464. The minimum atomic E-state index is 0.566. The van der Waals surface area contributed by atoms with Crippen LogP contribution in [0.3, 0.4) is 0 Å². The molecule has 1 aromatic rings. The van der Waals surface area contributed by atoms with E-state index in [1.165, 1.54) is 12.8 Å². The molecule has 0 aliphatic rings. The average Bonchev–Trinajstić information content (AvgIpc) is 2.36. The molecule has 0 saturated carbocycles. The first-order valence-corrected chi connectivity index (χ1v) is 6.09. The highest BCUT2D eigenvalue weighted by Gasteiger charge is 2.04. The van der Waals surface area contributed by atoms with Gasteiger partial charge in [0.05, 0.1) is 12.3 Å². The molecule has 0 fully saturated rings. The summed E-state index contributed by atoms with van der Waals surface area (Å²) in [7, 11) is 0. The maximum absolute atomic E-state index is 8.71. The predicted molar refractivity (Wildman–Crippen MR) is 70.0 cm³/mol. The van der Waals surface area contributed by atoms with E-state index in [9.17, 15) is 0 Å². The second kappa shape index (κ2) is 6.94. The first-order valence-electron chi connectivity index (χ1n) is 6.09. The summed E-state index contributed by atoms with van der Waals surface area (Å²) >= 11 is 0. The van der Waals surface area contributed by atoms with Gasteiger partial charge in [0.15, 0.2) is 0 Å². The molecule has 1 unspecified atom stereocenters. The van der Waals surface area contributed by atoms with Crippen LogP contribution in [0.2, 0.25) is 0 Å². The van der Waals surface area contributed by atoms with E-state index in [2.05, 4.69) is 19.0 Å². The van der Waals surface area contributed by atoms with E-state index in [0.717, 1.165) is 17.9 Å². The van der Waals surface area contributed by atoms with Crippen molar-refractivity contribution >= 4 is 5.71 Å². The van der Waals surface area contributed by atoms with Crippen LogP contribution in [0.25, 0.3) is 0 Å². The van der Waals surface area contributed by atoms with Crippen molar-refractivity contribution in [2.75, 3.05) is 6.61 Å². The number of nitrogens with zero attached hydrogens (tertiary/aromatic N) is 1. The second-order valence-corrected chi connectivity index (χ2v) is 4.42. The van der Waals surface area contributed by atoms with Crippen LogP contribution in [0.15, 0.2) is 29.4 Å². The molecule has 3 nitrogen and oxygen atoms in total. The van der Waals surface area contributed by atoms with Crippen molar-refractivity contribution in [1.82, 2.24) is 0 Å². The SMILES string of the molecule is CCCC(C)COc1cccc(C(C)=NO)c1. The van der Waals surface area contributed by atoms with Gasteiger partial charge in [0, 0.05) is 5.56 Å². The summed E-state index contributed by atoms with van der Waals surface area (Å²) < 4.78 is 5.72. The molecule has 0 spiro atoms. The Hall–Kier alpha value is -1.51. The molecule has 0 heterocycles. The second-order valence-electron chi connectivity index (χ2n) is 4.42. The number of hydrogen-bond donors (Lipinski definition) is 1. The number of oxime groups is 1. The molecular weight excluding hydrogens is 214 g/mol. The Balaban J connectivity index is 2.60. The predicted octanol–water partition coefficient (Wildman–Crippen LogP) is 3.70. The van der Waals surface area contributed by atoms with Gasteiger partial charge in [0.2, 0.25) is 0 Å². The molecule has 0 radical (unpaired) electrons. The van der Waals surface area contributed by atoms with Gasteiger partial charge in [0.1, 0.15) is 5.75 Å². The molecule has 0 aliphatic heterocycles. The van der Waals surface area contributed by atoms with Crippen LogP contribution in [0.4, 0.5) is 0 Å². The molecule has 3 heteroatoms. The van der Waals surface area contributed by atoms with Crippen LogP contribution in [-0.2, 0) is 0 Å². The minimum Gasteiger partial charge on any atom is -0.493 e. The lowest BCUT2D eigenvalue weighted by Crippen LogP contribution is -2.08. The highest BCUT2D eigenvalue weighted by atomic mass is 16.5. The first-order chi connectivity index (χ1) is 8.17. The van der Waals surface area contributed by atoms with Crippen molar-refractivity contribution in [3.8, 4) is 5.75 Å². The van der Waals surface area contributed by atoms with Crippen LogP contribution >= 0.6 is 0 Å². The van der Waals surface area contributed by atoms with E-state index in [1.54, 1.807) is 6.92 Å². The molecule has 1 aromatic carbocycles. The Labute approximate surface area is 103 Å². The maximum Gasteiger partial charge on any atom is 0.119 e. The van der Waals surface area contributed by atoms with Gasteiger partial charge in [0.25, 0.3) is 0 Å². The average molecular weight is 235 g/mol. The first kappa shape index (κ1) is 13.6. The zero-order valence-electron chi connectivity index (χ0n) is 10.8. The van der Waals surface area contributed by atoms with Gasteiger partial charge in [-0.05, 0) is 31.4 Å². The molecule has 0 aliphatic carbocycles. The number of benzene rings is 1. The maximum atomic E-state index is 8.71. The van der Waals surface area contributed by atoms with Crippen molar-refractivity contribution in [2.24, 2.45) is 11.1 Å². The lowest BCUT2D eigenvalue weighted by atomic mass is 10.1. The Kier molecular flexibility index (Phi) is 5.53. The van der Waals surface area contributed by atoms with E-state index >= 15 is 0 Å². The molecule has 0 saturated heterocycles. The zero-order valence-corrected chi connectivity index (χ0v) is 10.8. The number of ether oxygens (including phenoxy) is 1. The molecule has 0 bridgehead atoms. The molecule has 0 amide bonds. The Morgan fingerprint density at radius 1 is 1.47 bits per heavy atom. The van der Waals surface area contributed by atoms with Gasteiger partial charge in [-0.25, -0.2) is 0 Å². The van der Waals surface area contributed by atoms with E-state index in [0.29, 0.717) is 11.6 Å². The number of rotatable bonds is 6. The molecule has 17 heavy (non-hydrogen) atoms. The van der Waals surface area contributed by atoms with Crippen LogP contribution < -0.4 is 4.74 Å². The summed E-state index contributed by atoms with van der Waals surface area (Å²) in [6, 6.07) is 7.63. The van der Waals surface area contributed by atoms with Gasteiger partial charge in [-0.3, -0.25) is 0 Å². The lowest BCUT2D eigenvalue weighted by molar-refractivity contribution is 0.251. The van der Waals surface area contributed by atoms with Gasteiger partial charge in [-0.1, -0.05) is 37.6 Å². The fourth-order valence-corrected chi connectivity index (χ4v) is 1.68. The molecule has 1 rings (SSSR count). The van der Waals surface area contributed by atoms with Gasteiger partial charge < -0.3 is 9.94 Å². The summed E-state index contributed by atoms with van der Waals surface area (Å²) in [5.41, 5.74) is 1.48. The highest BCUT2D eigenvalue weighted by molar-refractivity contribution is 5.98. The Morgan fingerprint density at radius 3 is 2.88 bits per heavy atom. The summed E-state index contributed by atoms with van der Waals surface area (Å²) in [6.45, 7) is 6.86. The highest BCUT2D eigenvalue weighted by Crippen LogP contribution is 2.16. The largest absolute Gasteiger partial charge is 0.493 e. The van der Waals surface area contributed by atoms with Crippen molar-refractivity contribution < 1.29 is 9.94 Å². The summed E-state index contributed by atoms with van der Waals surface area (Å²) in [5.74, 6) is 1.39. The van der Waals surface area contributed by atoms with Gasteiger partial charge in [-0.2, -0.15) is 0 Å². The third-order valence-electron chi connectivity index (χ3n) is 2.72. The minimum absolute atomic E-state index is 0.566. The van der Waals surface area contributed by atoms with E-state index in [-0.39, 0.29) is 0 Å². The summed E-state index contributed by atoms with van der Waals surface area (Å²) in [5, 5.41) is 11.9. The van der Waals surface area contributed by atoms with Gasteiger partial charge >= 0.3 is 0 Å². The Bertz CT molecular complexity index is 374. The third kappa shape index (κ3) is 4.47. The van der Waals surface area contributed by atoms with Crippen molar-refractivity contribution in [1.29, 1.82) is 0 Å². The Morgan fingerprint density at radius 2 is 2.24 bits per heavy atom. The standard InChI is InChI=1S/C14H21NO2/c1-4-6-11(2)10-17-14-8-5-7-13(9-14)12(3)15-16/h5,7-9,11,16H,4,6,10H2,1-3H3. The van der Waals surface area contributed by atoms with Crippen LogP contribution in [0, 0.1) is 5.92 Å². The van der Waals surface area contributed by atoms with Crippen LogP contribution in [0.1, 0.15) is 39.2 Å². The third-order valence-corrected chi connectivity index (χ3v) is 2.72. The monoisotopic (exact) mass is 235 g/mol. The van der Waals surface area contributed by atoms with E-state index in [1.807, 2.05) is 24.3 Å². The summed E-state index contributed by atoms with van der Waals surface area (Å²) in [4.78, 5) is 0. The molecule has 0 aromatic heterocycles. The van der Waals surface area contributed by atoms with Crippen LogP contribution in [-0.4, -0.2) is 17.5 Å². The molecule has 94 valence electrons. The van der Waals surface area contributed by atoms with Crippen molar-refractivity contribution in [2.45, 2.75) is 33.6 Å². The molecule has 1 atom stereocenters. The number of hydrogen-bond acceptors (Lipinski definition) is 3. The summed E-state index contributed by atoms with van der Waals surface area (Å²) in [6.07, 6.45) is 2.36.